The van der Waals surface area contributed by atoms with Crippen LogP contribution in [-0.4, -0.2) is 112 Å². The molecule has 0 saturated carbocycles. The molecule has 0 bridgehead atoms. The van der Waals surface area contributed by atoms with Gasteiger partial charge in [-0.25, -0.2) is 0 Å². The van der Waals surface area contributed by atoms with Crippen LogP contribution in [0.5, 0.6) is 23.0 Å². The van der Waals surface area contributed by atoms with Gasteiger partial charge in [-0.1, -0.05) is 55.5 Å². The maximum absolute atomic E-state index is 9.60. The van der Waals surface area contributed by atoms with Crippen LogP contribution in [0.15, 0.2) is 117 Å². The molecule has 4 N–H and O–H groups in total. The van der Waals surface area contributed by atoms with Crippen LogP contribution in [0.4, 0.5) is 0 Å². The number of thiol groups is 1. The summed E-state index contributed by atoms with van der Waals surface area (Å²) in [5.41, 5.74) is 6.74. The average molecular weight is 835 g/mol. The normalized spacial score (nSPS) is 11.7. The molecule has 0 unspecified atom stereocenters. The summed E-state index contributed by atoms with van der Waals surface area (Å²) < 4.78 is 5.18. The molecule has 0 saturated heterocycles. The van der Waals surface area contributed by atoms with E-state index in [9.17, 15) is 20.4 Å². The summed E-state index contributed by atoms with van der Waals surface area (Å²) in [6.45, 7) is 16.0. The van der Waals surface area contributed by atoms with Gasteiger partial charge in [-0.2, -0.15) is 36.2 Å². The Bertz CT molecular complexity index is 1760. The number of phenolic OH excluding ortho intramolecular Hbond substituents is 4. The van der Waals surface area contributed by atoms with Gasteiger partial charge in [0.2, 0.25) is 0 Å². The smallest absolute Gasteiger partial charge is 0.124 e. The van der Waals surface area contributed by atoms with Gasteiger partial charge in [0, 0.05) is 88.6 Å². The molecule has 0 fully saturated rings. The summed E-state index contributed by atoms with van der Waals surface area (Å²) in [6.07, 6.45) is 2.06. The van der Waals surface area contributed by atoms with E-state index in [1.54, 1.807) is 48.2 Å². The van der Waals surface area contributed by atoms with E-state index in [4.69, 9.17) is 4.74 Å². The SMILES string of the molecule is CC(=NCCS)c1ccccc1O.CCOCCN=C(C)c1ccccc1O.CCSCCN=C(C)c1ccccc1O.CSCCN=C(C)c1ccccc1O. The van der Waals surface area contributed by atoms with E-state index in [0.29, 0.717) is 37.8 Å². The molecule has 0 aliphatic rings. The first-order valence-electron chi connectivity index (χ1n) is 18.9. The lowest BCUT2D eigenvalue weighted by Crippen LogP contribution is -2.02. The number of ether oxygens (including phenoxy) is 1. The highest BCUT2D eigenvalue weighted by atomic mass is 32.2. The molecular weight excluding hydrogens is 773 g/mol. The first-order valence-corrected chi connectivity index (χ1v) is 22.1. The molecule has 4 aromatic rings. The van der Waals surface area contributed by atoms with Gasteiger partial charge < -0.3 is 25.2 Å². The lowest BCUT2D eigenvalue weighted by Gasteiger charge is -2.03. The van der Waals surface area contributed by atoms with Crippen molar-refractivity contribution in [3.8, 4) is 23.0 Å². The van der Waals surface area contributed by atoms with E-state index in [0.717, 1.165) is 81.2 Å². The van der Waals surface area contributed by atoms with Crippen LogP contribution >= 0.6 is 36.2 Å². The van der Waals surface area contributed by atoms with Gasteiger partial charge in [0.25, 0.3) is 0 Å². The van der Waals surface area contributed by atoms with Gasteiger partial charge in [-0.3, -0.25) is 20.0 Å². The van der Waals surface area contributed by atoms with Crippen molar-refractivity contribution in [2.45, 2.75) is 41.5 Å². The zero-order chi connectivity index (χ0) is 42.3. The topological polar surface area (TPSA) is 140 Å². The van der Waals surface area contributed by atoms with Crippen LogP contribution in [0.1, 0.15) is 63.8 Å². The van der Waals surface area contributed by atoms with Crippen molar-refractivity contribution in [1.82, 2.24) is 0 Å². The van der Waals surface area contributed by atoms with Crippen molar-refractivity contribution in [2.75, 3.05) is 68.7 Å². The van der Waals surface area contributed by atoms with Crippen LogP contribution in [0.3, 0.4) is 0 Å². The first-order chi connectivity index (χ1) is 27.5. The van der Waals surface area contributed by atoms with Crippen LogP contribution in [0.2, 0.25) is 0 Å². The third kappa shape index (κ3) is 21.8. The van der Waals surface area contributed by atoms with Crippen molar-refractivity contribution < 1.29 is 25.2 Å². The molecule has 0 spiro atoms. The van der Waals surface area contributed by atoms with Crippen molar-refractivity contribution in [3.63, 3.8) is 0 Å². The maximum Gasteiger partial charge on any atom is 0.124 e. The quantitative estimate of drug-likeness (QED) is 0.0406. The van der Waals surface area contributed by atoms with Crippen molar-refractivity contribution in [1.29, 1.82) is 0 Å². The molecule has 4 rings (SSSR count). The Morgan fingerprint density at radius 1 is 0.526 bits per heavy atom. The molecule has 4 aromatic carbocycles. The molecule has 0 amide bonds. The number of hydrogen-bond donors (Lipinski definition) is 5. The Morgan fingerprint density at radius 3 is 1.18 bits per heavy atom. The number of rotatable bonds is 17. The van der Waals surface area contributed by atoms with Crippen LogP contribution in [0, 0.1) is 0 Å². The Morgan fingerprint density at radius 2 is 0.860 bits per heavy atom. The van der Waals surface area contributed by atoms with E-state index in [-0.39, 0.29) is 11.5 Å². The molecule has 0 aliphatic heterocycles. The predicted molar refractivity (Wildman–Crippen MR) is 252 cm³/mol. The second kappa shape index (κ2) is 31.8. The number of benzene rings is 4. The number of aliphatic imine (C=N–C) groups is 4. The largest absolute Gasteiger partial charge is 0.507 e. The standard InChI is InChI=1S/C12H17NO2.C12H17NOS.C11H15NOS.C10H13NOS/c2*1-3-15-9-8-13-10(2)11-6-4-5-7-12(11)14;1-9(12-7-8-14-2)10-5-3-4-6-11(10)13;1-8(11-6-7-13)9-4-2-3-5-10(9)12/h2*4-7,14H,3,8-9H2,1-2H3;3-6,13H,7-8H2,1-2H3;2-5,12-13H,6-7H2,1H3. The molecule has 9 nitrogen and oxygen atoms in total. The minimum atomic E-state index is 0.273. The molecule has 0 atom stereocenters. The third-order valence-corrected chi connectivity index (χ3v) is 9.52. The van der Waals surface area contributed by atoms with E-state index >= 15 is 0 Å². The first kappa shape index (κ1) is 50.8. The highest BCUT2D eigenvalue weighted by Crippen LogP contribution is 2.19. The zero-order valence-electron chi connectivity index (χ0n) is 34.6. The summed E-state index contributed by atoms with van der Waals surface area (Å²) in [7, 11) is 0. The van der Waals surface area contributed by atoms with Gasteiger partial charge in [-0.05, 0) is 95.2 Å². The van der Waals surface area contributed by atoms with Crippen molar-refractivity contribution in [3.05, 3.63) is 119 Å². The summed E-state index contributed by atoms with van der Waals surface area (Å²) in [6, 6.07) is 29.0. The van der Waals surface area contributed by atoms with Gasteiger partial charge in [0.15, 0.2) is 0 Å². The number of para-hydroxylation sites is 4. The molecule has 0 heterocycles. The summed E-state index contributed by atoms with van der Waals surface area (Å²) in [4.78, 5) is 17.4. The summed E-state index contributed by atoms with van der Waals surface area (Å²) in [5, 5.41) is 38.2. The Hall–Kier alpha value is -4.23. The number of phenols is 4. The highest BCUT2D eigenvalue weighted by Gasteiger charge is 2.04. The van der Waals surface area contributed by atoms with Crippen LogP contribution in [0.25, 0.3) is 0 Å². The minimum Gasteiger partial charge on any atom is -0.507 e. The summed E-state index contributed by atoms with van der Waals surface area (Å²) in [5.74, 6) is 5.08. The second-order valence-corrected chi connectivity index (χ2v) is 14.9. The van der Waals surface area contributed by atoms with Crippen molar-refractivity contribution >= 4 is 59.0 Å². The van der Waals surface area contributed by atoms with E-state index in [2.05, 4.69) is 45.8 Å². The molecule has 0 radical (unpaired) electrons. The number of aromatic hydroxyl groups is 4. The van der Waals surface area contributed by atoms with Gasteiger partial charge >= 0.3 is 0 Å². The van der Waals surface area contributed by atoms with Crippen molar-refractivity contribution in [2.24, 2.45) is 20.0 Å². The van der Waals surface area contributed by atoms with E-state index in [1.807, 2.05) is 107 Å². The molecule has 57 heavy (non-hydrogen) atoms. The molecular formula is C45H62N4O5S3. The van der Waals surface area contributed by atoms with Crippen LogP contribution < -0.4 is 0 Å². The third-order valence-electron chi connectivity index (χ3n) is 7.85. The monoisotopic (exact) mass is 834 g/mol. The molecule has 12 heteroatoms. The fourth-order valence-electron chi connectivity index (χ4n) is 4.83. The number of thioether (sulfide) groups is 2. The molecule has 0 aliphatic carbocycles. The second-order valence-electron chi connectivity index (χ2n) is 12.0. The fraction of sp³-hybridized carbons (Fsp3) is 0.378. The lowest BCUT2D eigenvalue weighted by molar-refractivity contribution is 0.156. The number of hydrogen-bond acceptors (Lipinski definition) is 12. The molecule has 0 aromatic heterocycles. The van der Waals surface area contributed by atoms with E-state index in [1.165, 1.54) is 0 Å². The maximum atomic E-state index is 9.60. The number of nitrogens with zero attached hydrogens (tertiary/aromatic N) is 4. The summed E-state index contributed by atoms with van der Waals surface area (Å²) >= 11 is 7.72. The van der Waals surface area contributed by atoms with Gasteiger partial charge in [0.05, 0.1) is 13.2 Å². The van der Waals surface area contributed by atoms with E-state index < -0.39 is 0 Å². The van der Waals surface area contributed by atoms with Gasteiger partial charge in [-0.15, -0.1) is 0 Å². The molecule has 310 valence electrons. The fourth-order valence-corrected chi connectivity index (χ4v) is 5.71. The Balaban J connectivity index is 0.000000381. The highest BCUT2D eigenvalue weighted by molar-refractivity contribution is 7.99. The lowest BCUT2D eigenvalue weighted by atomic mass is 10.1. The Labute approximate surface area is 355 Å². The predicted octanol–water partition coefficient (Wildman–Crippen LogP) is 9.89. The van der Waals surface area contributed by atoms with Gasteiger partial charge in [0.1, 0.15) is 23.0 Å². The minimum absolute atomic E-state index is 0.273. The zero-order valence-corrected chi connectivity index (χ0v) is 37.1. The average Bonchev–Trinajstić information content (AvgIpc) is 3.21. The Kier molecular flexibility index (Phi) is 28.3. The van der Waals surface area contributed by atoms with Crippen LogP contribution in [-0.2, 0) is 4.74 Å².